The molecule has 18 heavy (non-hydrogen) atoms. The molecule has 0 aliphatic heterocycles. The minimum absolute atomic E-state index is 0.0418. The summed E-state index contributed by atoms with van der Waals surface area (Å²) in [6.45, 7) is -0.265. The molecular formula is C11H10N2O5. The predicted octanol–water partition coefficient (Wildman–Crippen LogP) is 0.201. The van der Waals surface area contributed by atoms with Crippen molar-refractivity contribution < 1.29 is 19.4 Å². The average molecular weight is 250 g/mol. The van der Waals surface area contributed by atoms with E-state index in [1.54, 1.807) is 0 Å². The summed E-state index contributed by atoms with van der Waals surface area (Å²) in [5, 5.41) is 8.88. The Morgan fingerprint density at radius 3 is 2.78 bits per heavy atom. The minimum Gasteiger partial charge on any atom is -0.478 e. The normalized spacial score (nSPS) is 10.5. The molecule has 0 radical (unpaired) electrons. The minimum atomic E-state index is -1.10. The van der Waals surface area contributed by atoms with E-state index in [1.807, 2.05) is 0 Å². The number of aromatic nitrogens is 2. The molecule has 1 aromatic heterocycles. The third kappa shape index (κ3) is 1.97. The van der Waals surface area contributed by atoms with E-state index in [9.17, 15) is 14.4 Å². The molecule has 0 spiro atoms. The number of rotatable bonds is 3. The quantitative estimate of drug-likeness (QED) is 0.758. The first-order valence-corrected chi connectivity index (χ1v) is 5.05. The molecule has 0 saturated carbocycles. The lowest BCUT2D eigenvalue weighted by molar-refractivity contribution is -0.141. The summed E-state index contributed by atoms with van der Waals surface area (Å²) in [6.07, 6.45) is 0. The van der Waals surface area contributed by atoms with Gasteiger partial charge < -0.3 is 14.8 Å². The highest BCUT2D eigenvalue weighted by Crippen LogP contribution is 2.13. The number of ether oxygens (including phenoxy) is 1. The molecule has 2 rings (SSSR count). The zero-order valence-electron chi connectivity index (χ0n) is 9.47. The van der Waals surface area contributed by atoms with E-state index in [4.69, 9.17) is 5.11 Å². The van der Waals surface area contributed by atoms with E-state index in [1.165, 1.54) is 25.3 Å². The number of esters is 1. The standard InChI is InChI=1S/C11H10N2O5/c1-18-9(14)5-13-8-4-6(10(15)16)2-3-7(8)12-11(13)17/h2-4H,5H2,1H3,(H,12,17)(H,15,16). The highest BCUT2D eigenvalue weighted by Gasteiger charge is 2.13. The van der Waals surface area contributed by atoms with Crippen molar-refractivity contribution >= 4 is 23.0 Å². The van der Waals surface area contributed by atoms with Crippen LogP contribution in [0.2, 0.25) is 0 Å². The Balaban J connectivity index is 2.60. The van der Waals surface area contributed by atoms with Crippen LogP contribution in [0.15, 0.2) is 23.0 Å². The van der Waals surface area contributed by atoms with Crippen molar-refractivity contribution in [2.24, 2.45) is 0 Å². The van der Waals surface area contributed by atoms with Crippen LogP contribution in [0.1, 0.15) is 10.4 Å². The van der Waals surface area contributed by atoms with Crippen LogP contribution in [0.3, 0.4) is 0 Å². The lowest BCUT2D eigenvalue weighted by atomic mass is 10.2. The van der Waals surface area contributed by atoms with Gasteiger partial charge in [0.1, 0.15) is 6.54 Å². The first-order chi connectivity index (χ1) is 8.52. The van der Waals surface area contributed by atoms with Crippen molar-refractivity contribution in [1.29, 1.82) is 0 Å². The Bertz CT molecular complexity index is 682. The van der Waals surface area contributed by atoms with Gasteiger partial charge in [-0.15, -0.1) is 0 Å². The van der Waals surface area contributed by atoms with E-state index >= 15 is 0 Å². The Morgan fingerprint density at radius 2 is 2.17 bits per heavy atom. The van der Waals surface area contributed by atoms with Crippen LogP contribution >= 0.6 is 0 Å². The number of aromatic amines is 1. The summed E-state index contributed by atoms with van der Waals surface area (Å²) in [4.78, 5) is 36.2. The molecule has 94 valence electrons. The number of carbonyl (C=O) groups excluding carboxylic acids is 1. The Hall–Kier alpha value is -2.57. The first-order valence-electron chi connectivity index (χ1n) is 5.05. The van der Waals surface area contributed by atoms with Crippen LogP contribution in [-0.4, -0.2) is 33.7 Å². The fourth-order valence-corrected chi connectivity index (χ4v) is 1.64. The monoisotopic (exact) mass is 250 g/mol. The highest BCUT2D eigenvalue weighted by molar-refractivity contribution is 5.92. The number of methoxy groups -OCH3 is 1. The van der Waals surface area contributed by atoms with Crippen LogP contribution in [0.4, 0.5) is 0 Å². The summed E-state index contributed by atoms with van der Waals surface area (Å²) < 4.78 is 5.61. The fourth-order valence-electron chi connectivity index (χ4n) is 1.64. The number of fused-ring (bicyclic) bond motifs is 1. The van der Waals surface area contributed by atoms with Gasteiger partial charge in [-0.05, 0) is 18.2 Å². The van der Waals surface area contributed by atoms with E-state index in [0.717, 1.165) is 4.57 Å². The second kappa shape index (κ2) is 4.36. The number of imidazole rings is 1. The molecule has 0 saturated heterocycles. The largest absolute Gasteiger partial charge is 0.478 e. The maximum Gasteiger partial charge on any atom is 0.335 e. The van der Waals surface area contributed by atoms with E-state index in [-0.39, 0.29) is 12.1 Å². The summed E-state index contributed by atoms with van der Waals surface area (Å²) in [5.41, 5.74) is 0.372. The number of H-pyrrole nitrogens is 1. The highest BCUT2D eigenvalue weighted by atomic mass is 16.5. The zero-order chi connectivity index (χ0) is 13.3. The number of nitrogens with one attached hydrogen (secondary N) is 1. The number of benzene rings is 1. The molecule has 0 atom stereocenters. The number of carboxylic acids is 1. The number of nitrogens with zero attached hydrogens (tertiary/aromatic N) is 1. The van der Waals surface area contributed by atoms with E-state index in [2.05, 4.69) is 9.72 Å². The van der Waals surface area contributed by atoms with Gasteiger partial charge >= 0.3 is 17.6 Å². The lowest BCUT2D eigenvalue weighted by Gasteiger charge is -2.02. The van der Waals surface area contributed by atoms with Gasteiger partial charge in [-0.25, -0.2) is 9.59 Å². The lowest BCUT2D eigenvalue weighted by Crippen LogP contribution is -2.22. The number of aromatic carboxylic acids is 1. The molecule has 7 nitrogen and oxygen atoms in total. The van der Waals surface area contributed by atoms with Gasteiger partial charge in [0.05, 0.1) is 23.7 Å². The first kappa shape index (κ1) is 11.9. The topological polar surface area (TPSA) is 101 Å². The third-order valence-corrected chi connectivity index (χ3v) is 2.54. The van der Waals surface area contributed by atoms with Gasteiger partial charge in [0.2, 0.25) is 0 Å². The van der Waals surface area contributed by atoms with Gasteiger partial charge in [0.25, 0.3) is 0 Å². The summed E-state index contributed by atoms with van der Waals surface area (Å²) >= 11 is 0. The molecule has 2 N–H and O–H groups in total. The number of hydrogen-bond acceptors (Lipinski definition) is 4. The maximum atomic E-state index is 11.6. The molecule has 0 aliphatic rings. The van der Waals surface area contributed by atoms with Gasteiger partial charge in [-0.3, -0.25) is 9.36 Å². The Morgan fingerprint density at radius 1 is 1.44 bits per heavy atom. The van der Waals surface area contributed by atoms with E-state index < -0.39 is 17.6 Å². The summed E-state index contributed by atoms with van der Waals surface area (Å²) in [5.74, 6) is -1.69. The molecule has 0 amide bonds. The molecule has 0 unspecified atom stereocenters. The Labute approximate surface area is 101 Å². The van der Waals surface area contributed by atoms with Crippen LogP contribution < -0.4 is 5.69 Å². The second-order valence-corrected chi connectivity index (χ2v) is 3.63. The van der Waals surface area contributed by atoms with Crippen LogP contribution in [0.5, 0.6) is 0 Å². The number of hydrogen-bond donors (Lipinski definition) is 2. The molecule has 2 aromatic rings. The van der Waals surface area contributed by atoms with Crippen molar-refractivity contribution in [2.45, 2.75) is 6.54 Å². The van der Waals surface area contributed by atoms with Gasteiger partial charge in [-0.2, -0.15) is 0 Å². The third-order valence-electron chi connectivity index (χ3n) is 2.54. The molecule has 7 heteroatoms. The van der Waals surface area contributed by atoms with E-state index in [0.29, 0.717) is 11.0 Å². The summed E-state index contributed by atoms with van der Waals surface area (Å²) in [6, 6.07) is 4.19. The van der Waals surface area contributed by atoms with Crippen LogP contribution in [0, 0.1) is 0 Å². The average Bonchev–Trinajstić information content (AvgIpc) is 2.65. The van der Waals surface area contributed by atoms with Crippen molar-refractivity contribution in [1.82, 2.24) is 9.55 Å². The molecular weight excluding hydrogens is 240 g/mol. The van der Waals surface area contributed by atoms with Crippen molar-refractivity contribution in [3.8, 4) is 0 Å². The fraction of sp³-hybridized carbons (Fsp3) is 0.182. The van der Waals surface area contributed by atoms with Crippen molar-refractivity contribution in [3.05, 3.63) is 34.2 Å². The van der Waals surface area contributed by atoms with Gasteiger partial charge in [0, 0.05) is 0 Å². The molecule has 0 aliphatic carbocycles. The molecule has 0 bridgehead atoms. The smallest absolute Gasteiger partial charge is 0.335 e. The number of carboxylic acid groups (broad SMARTS) is 1. The molecule has 1 aromatic carbocycles. The molecule has 1 heterocycles. The summed E-state index contributed by atoms with van der Waals surface area (Å²) in [7, 11) is 1.21. The molecule has 0 fully saturated rings. The number of carbonyl (C=O) groups is 2. The second-order valence-electron chi connectivity index (χ2n) is 3.63. The van der Waals surface area contributed by atoms with Crippen LogP contribution in [0.25, 0.3) is 11.0 Å². The van der Waals surface area contributed by atoms with Crippen molar-refractivity contribution in [3.63, 3.8) is 0 Å². The Kier molecular flexibility index (Phi) is 2.88. The van der Waals surface area contributed by atoms with Gasteiger partial charge in [-0.1, -0.05) is 0 Å². The zero-order valence-corrected chi connectivity index (χ0v) is 9.47. The van der Waals surface area contributed by atoms with Gasteiger partial charge in [0.15, 0.2) is 0 Å². The van der Waals surface area contributed by atoms with Crippen molar-refractivity contribution in [2.75, 3.05) is 7.11 Å². The predicted molar refractivity (Wildman–Crippen MR) is 61.5 cm³/mol. The van der Waals surface area contributed by atoms with Crippen LogP contribution in [-0.2, 0) is 16.1 Å². The maximum absolute atomic E-state index is 11.6. The SMILES string of the molecule is COC(=O)Cn1c(=O)[nH]c2ccc(C(=O)O)cc21.